The maximum absolute atomic E-state index is 11.1. The summed E-state index contributed by atoms with van der Waals surface area (Å²) in [5, 5.41) is 8.77. The molecule has 0 amide bonds. The van der Waals surface area contributed by atoms with Crippen LogP contribution >= 0.6 is 0 Å². The van der Waals surface area contributed by atoms with Crippen molar-refractivity contribution in [3.05, 3.63) is 29.8 Å². The minimum Gasteiger partial charge on any atom is -0.371 e. The minimum atomic E-state index is 0.126. The van der Waals surface area contributed by atoms with Gasteiger partial charge in [-0.2, -0.15) is 5.26 Å². The number of carbonyl (C=O) groups is 2. The lowest BCUT2D eigenvalue weighted by Crippen LogP contribution is -2.28. The van der Waals surface area contributed by atoms with Crippen molar-refractivity contribution in [3.63, 3.8) is 0 Å². The molecule has 1 aromatic rings. The predicted octanol–water partition coefficient (Wildman–Crippen LogP) is 2.32. The number of nitriles is 1. The number of benzene rings is 1. The molecule has 1 aromatic carbocycles. The quantitative estimate of drug-likeness (QED) is 0.753. The van der Waals surface area contributed by atoms with Crippen LogP contribution in [0, 0.1) is 11.3 Å². The fourth-order valence-corrected chi connectivity index (χ4v) is 1.70. The first-order valence-corrected chi connectivity index (χ1v) is 6.27. The summed E-state index contributed by atoms with van der Waals surface area (Å²) in [5.74, 6) is 0.253. The molecule has 19 heavy (non-hydrogen) atoms. The molecule has 0 unspecified atom stereocenters. The summed E-state index contributed by atoms with van der Waals surface area (Å²) in [6.07, 6.45) is 0.913. The Morgan fingerprint density at radius 2 is 1.53 bits per heavy atom. The van der Waals surface area contributed by atoms with Gasteiger partial charge < -0.3 is 4.90 Å². The monoisotopic (exact) mass is 258 g/mol. The summed E-state index contributed by atoms with van der Waals surface area (Å²) in [5.41, 5.74) is 1.53. The summed E-state index contributed by atoms with van der Waals surface area (Å²) < 4.78 is 0. The van der Waals surface area contributed by atoms with E-state index in [0.717, 1.165) is 5.69 Å². The molecular formula is C15H18N2O2. The van der Waals surface area contributed by atoms with Gasteiger partial charge in [0.15, 0.2) is 0 Å². The van der Waals surface area contributed by atoms with Gasteiger partial charge in [0, 0.05) is 31.6 Å². The Morgan fingerprint density at radius 1 is 1.05 bits per heavy atom. The van der Waals surface area contributed by atoms with E-state index in [2.05, 4.69) is 6.07 Å². The van der Waals surface area contributed by atoms with E-state index in [1.807, 2.05) is 17.0 Å². The summed E-state index contributed by atoms with van der Waals surface area (Å²) in [4.78, 5) is 24.2. The Balaban J connectivity index is 2.77. The van der Waals surface area contributed by atoms with E-state index in [1.54, 1.807) is 26.0 Å². The first-order chi connectivity index (χ1) is 9.02. The van der Waals surface area contributed by atoms with Crippen LogP contribution in [0.4, 0.5) is 5.69 Å². The van der Waals surface area contributed by atoms with Crippen molar-refractivity contribution in [2.75, 3.05) is 18.0 Å². The number of hydrogen-bond donors (Lipinski definition) is 0. The molecule has 0 aliphatic heterocycles. The summed E-state index contributed by atoms with van der Waals surface area (Å²) >= 11 is 0. The Labute approximate surface area is 113 Å². The molecule has 4 nitrogen and oxygen atoms in total. The van der Waals surface area contributed by atoms with Crippen molar-refractivity contribution in [2.45, 2.75) is 26.7 Å². The standard InChI is InChI=1S/C15H18N2O2/c1-12(18)7-9-17(10-8-13(2)19)15-5-3-14(11-16)4-6-15/h3-6H,7-10H2,1-2H3. The fourth-order valence-electron chi connectivity index (χ4n) is 1.70. The molecule has 0 aliphatic carbocycles. The Kier molecular flexibility index (Phi) is 5.74. The first kappa shape index (κ1) is 14.9. The fraction of sp³-hybridized carbons (Fsp3) is 0.400. The van der Waals surface area contributed by atoms with E-state index >= 15 is 0 Å². The third kappa shape index (κ3) is 5.35. The summed E-state index contributed by atoms with van der Waals surface area (Å²) in [6.45, 7) is 4.30. The number of carbonyl (C=O) groups excluding carboxylic acids is 2. The van der Waals surface area contributed by atoms with Crippen LogP contribution in [0.1, 0.15) is 32.3 Å². The van der Waals surface area contributed by atoms with Gasteiger partial charge in [-0.3, -0.25) is 9.59 Å². The molecule has 0 atom stereocenters. The Bertz CT molecular complexity index is 468. The minimum absolute atomic E-state index is 0.126. The van der Waals surface area contributed by atoms with E-state index in [9.17, 15) is 9.59 Å². The van der Waals surface area contributed by atoms with Crippen LogP contribution in [-0.2, 0) is 9.59 Å². The number of hydrogen-bond acceptors (Lipinski definition) is 4. The molecule has 0 saturated carbocycles. The van der Waals surface area contributed by atoms with Crippen LogP contribution in [0.5, 0.6) is 0 Å². The smallest absolute Gasteiger partial charge is 0.131 e. The van der Waals surface area contributed by atoms with Crippen molar-refractivity contribution < 1.29 is 9.59 Å². The maximum Gasteiger partial charge on any atom is 0.131 e. The molecule has 1 rings (SSSR count). The second-order valence-corrected chi connectivity index (χ2v) is 4.55. The number of rotatable bonds is 7. The normalized spacial score (nSPS) is 9.74. The third-order valence-corrected chi connectivity index (χ3v) is 2.83. The Hall–Kier alpha value is -2.15. The van der Waals surface area contributed by atoms with Crippen molar-refractivity contribution in [1.29, 1.82) is 5.26 Å². The molecule has 0 bridgehead atoms. The molecule has 0 aliphatic rings. The van der Waals surface area contributed by atoms with Gasteiger partial charge in [0.05, 0.1) is 11.6 Å². The summed E-state index contributed by atoms with van der Waals surface area (Å²) in [6, 6.07) is 9.24. The van der Waals surface area contributed by atoms with E-state index in [4.69, 9.17) is 5.26 Å². The van der Waals surface area contributed by atoms with Gasteiger partial charge in [-0.25, -0.2) is 0 Å². The van der Waals surface area contributed by atoms with Crippen LogP contribution in [0.25, 0.3) is 0 Å². The second-order valence-electron chi connectivity index (χ2n) is 4.55. The topological polar surface area (TPSA) is 61.2 Å². The van der Waals surface area contributed by atoms with Crippen LogP contribution in [0.15, 0.2) is 24.3 Å². The van der Waals surface area contributed by atoms with E-state index in [-0.39, 0.29) is 11.6 Å². The largest absolute Gasteiger partial charge is 0.371 e. The molecular weight excluding hydrogens is 240 g/mol. The zero-order valence-corrected chi connectivity index (χ0v) is 11.3. The molecule has 4 heteroatoms. The van der Waals surface area contributed by atoms with E-state index in [0.29, 0.717) is 31.5 Å². The van der Waals surface area contributed by atoms with Gasteiger partial charge in [0.25, 0.3) is 0 Å². The van der Waals surface area contributed by atoms with Crippen LogP contribution in [0.2, 0.25) is 0 Å². The van der Waals surface area contributed by atoms with Crippen molar-refractivity contribution in [2.24, 2.45) is 0 Å². The Morgan fingerprint density at radius 3 is 1.89 bits per heavy atom. The third-order valence-electron chi connectivity index (χ3n) is 2.83. The van der Waals surface area contributed by atoms with Crippen LogP contribution in [-0.4, -0.2) is 24.7 Å². The lowest BCUT2D eigenvalue weighted by atomic mass is 10.2. The predicted molar refractivity (Wildman–Crippen MR) is 74.0 cm³/mol. The second kappa shape index (κ2) is 7.32. The zero-order chi connectivity index (χ0) is 14.3. The van der Waals surface area contributed by atoms with Crippen LogP contribution < -0.4 is 4.90 Å². The summed E-state index contributed by atoms with van der Waals surface area (Å²) in [7, 11) is 0. The van der Waals surface area contributed by atoms with Gasteiger partial charge in [-0.1, -0.05) is 0 Å². The van der Waals surface area contributed by atoms with Crippen molar-refractivity contribution in [1.82, 2.24) is 0 Å². The number of nitrogens with zero attached hydrogens (tertiary/aromatic N) is 2. The lowest BCUT2D eigenvalue weighted by Gasteiger charge is -2.24. The SMILES string of the molecule is CC(=O)CCN(CCC(C)=O)c1ccc(C#N)cc1. The molecule has 0 N–H and O–H groups in total. The first-order valence-electron chi connectivity index (χ1n) is 6.27. The zero-order valence-electron chi connectivity index (χ0n) is 11.3. The molecule has 0 radical (unpaired) electrons. The van der Waals surface area contributed by atoms with Gasteiger partial charge in [0.1, 0.15) is 11.6 Å². The van der Waals surface area contributed by atoms with Crippen molar-refractivity contribution in [3.8, 4) is 6.07 Å². The highest BCUT2D eigenvalue weighted by Gasteiger charge is 2.08. The molecule has 0 fully saturated rings. The van der Waals surface area contributed by atoms with Gasteiger partial charge in [0.2, 0.25) is 0 Å². The number of ketones is 2. The average Bonchev–Trinajstić information content (AvgIpc) is 2.38. The molecule has 0 aromatic heterocycles. The molecule has 100 valence electrons. The van der Waals surface area contributed by atoms with Gasteiger partial charge in [-0.05, 0) is 38.1 Å². The number of anilines is 1. The van der Waals surface area contributed by atoms with E-state index < -0.39 is 0 Å². The van der Waals surface area contributed by atoms with Crippen LogP contribution in [0.3, 0.4) is 0 Å². The average molecular weight is 258 g/mol. The van der Waals surface area contributed by atoms with E-state index in [1.165, 1.54) is 0 Å². The molecule has 0 saturated heterocycles. The maximum atomic E-state index is 11.1. The molecule has 0 heterocycles. The lowest BCUT2D eigenvalue weighted by molar-refractivity contribution is -0.117. The van der Waals surface area contributed by atoms with Crippen molar-refractivity contribution >= 4 is 17.3 Å². The highest BCUT2D eigenvalue weighted by molar-refractivity contribution is 5.77. The van der Waals surface area contributed by atoms with Gasteiger partial charge >= 0.3 is 0 Å². The molecule has 0 spiro atoms. The highest BCUT2D eigenvalue weighted by Crippen LogP contribution is 2.16. The van der Waals surface area contributed by atoms with Gasteiger partial charge in [-0.15, -0.1) is 0 Å². The highest BCUT2D eigenvalue weighted by atomic mass is 16.1. The number of Topliss-reactive ketones (excluding diaryl/α,β-unsaturated/α-hetero) is 2.